The number of thiophene rings is 1. The monoisotopic (exact) mass is 393 g/mol. The third kappa shape index (κ3) is 3.03. The fraction of sp³-hybridized carbons (Fsp3) is 0.143. The zero-order valence-electron chi connectivity index (χ0n) is 14.3. The third-order valence-electron chi connectivity index (χ3n) is 4.71. The van der Waals surface area contributed by atoms with E-state index in [0.717, 1.165) is 34.0 Å². The average molecular weight is 394 g/mol. The minimum Gasteiger partial charge on any atom is -0.349 e. The molecule has 1 fully saturated rings. The fourth-order valence-corrected chi connectivity index (χ4v) is 4.29. The maximum Gasteiger partial charge on any atom is 0.253 e. The number of hydrogen-bond donors (Lipinski definition) is 2. The van der Waals surface area contributed by atoms with Crippen LogP contribution in [0.3, 0.4) is 0 Å². The molecular formula is C21H16ClN3OS. The van der Waals surface area contributed by atoms with Crippen LogP contribution in [0.5, 0.6) is 0 Å². The van der Waals surface area contributed by atoms with Gasteiger partial charge in [0.1, 0.15) is 5.82 Å². The number of anilines is 2. The molecule has 0 unspecified atom stereocenters. The Morgan fingerprint density at radius 1 is 1.07 bits per heavy atom. The number of rotatable bonds is 4. The summed E-state index contributed by atoms with van der Waals surface area (Å²) in [6, 6.07) is 15.7. The van der Waals surface area contributed by atoms with E-state index >= 15 is 0 Å². The zero-order valence-corrected chi connectivity index (χ0v) is 15.9. The summed E-state index contributed by atoms with van der Waals surface area (Å²) < 4.78 is 1.11. The average Bonchev–Trinajstić information content (AvgIpc) is 3.34. The smallest absolute Gasteiger partial charge is 0.253 e. The molecule has 0 spiro atoms. The molecule has 0 atom stereocenters. The quantitative estimate of drug-likeness (QED) is 0.465. The minimum atomic E-state index is -0.0600. The molecule has 2 aromatic heterocycles. The third-order valence-corrected chi connectivity index (χ3v) is 5.99. The van der Waals surface area contributed by atoms with Gasteiger partial charge in [0.15, 0.2) is 0 Å². The van der Waals surface area contributed by atoms with E-state index in [-0.39, 0.29) is 5.91 Å². The summed E-state index contributed by atoms with van der Waals surface area (Å²) >= 11 is 7.96. The topological polar surface area (TPSA) is 54.0 Å². The van der Waals surface area contributed by atoms with E-state index in [1.807, 2.05) is 53.9 Å². The second-order valence-electron chi connectivity index (χ2n) is 6.68. The molecule has 4 nitrogen and oxygen atoms in total. The number of pyridine rings is 1. The van der Waals surface area contributed by atoms with E-state index in [9.17, 15) is 4.79 Å². The first kappa shape index (κ1) is 16.5. The van der Waals surface area contributed by atoms with Gasteiger partial charge in [0.25, 0.3) is 5.91 Å². The Bertz CT molecular complexity index is 1180. The highest BCUT2D eigenvalue weighted by atomic mass is 35.5. The molecule has 0 saturated heterocycles. The largest absolute Gasteiger partial charge is 0.349 e. The number of nitrogens with one attached hydrogen (secondary N) is 2. The van der Waals surface area contributed by atoms with Gasteiger partial charge in [-0.3, -0.25) is 4.79 Å². The molecule has 1 amide bonds. The van der Waals surface area contributed by atoms with Crippen molar-refractivity contribution in [2.24, 2.45) is 0 Å². The van der Waals surface area contributed by atoms with Crippen molar-refractivity contribution < 1.29 is 4.79 Å². The van der Waals surface area contributed by atoms with E-state index in [1.54, 1.807) is 11.3 Å². The maximum atomic E-state index is 12.7. The molecule has 0 bridgehead atoms. The van der Waals surface area contributed by atoms with Crippen molar-refractivity contribution in [2.45, 2.75) is 18.9 Å². The van der Waals surface area contributed by atoms with E-state index in [2.05, 4.69) is 10.6 Å². The van der Waals surface area contributed by atoms with Gasteiger partial charge >= 0.3 is 0 Å². The first-order chi connectivity index (χ1) is 13.2. The summed E-state index contributed by atoms with van der Waals surface area (Å²) in [5.74, 6) is 0.647. The Labute approximate surface area is 165 Å². The highest BCUT2D eigenvalue weighted by Crippen LogP contribution is 2.37. The number of carbonyl (C=O) groups is 1. The highest BCUT2D eigenvalue weighted by Gasteiger charge is 2.25. The highest BCUT2D eigenvalue weighted by molar-refractivity contribution is 7.18. The molecule has 1 saturated carbocycles. The van der Waals surface area contributed by atoms with Crippen LogP contribution in [-0.2, 0) is 0 Å². The van der Waals surface area contributed by atoms with Gasteiger partial charge in [0.05, 0.1) is 21.8 Å². The molecule has 2 heterocycles. The number of aromatic nitrogens is 1. The molecule has 0 aliphatic heterocycles. The van der Waals surface area contributed by atoms with Crippen LogP contribution in [0.15, 0.2) is 53.9 Å². The van der Waals surface area contributed by atoms with Crippen LogP contribution in [0, 0.1) is 0 Å². The number of benzene rings is 2. The van der Waals surface area contributed by atoms with Crippen molar-refractivity contribution in [3.63, 3.8) is 0 Å². The molecule has 0 radical (unpaired) electrons. The van der Waals surface area contributed by atoms with Crippen molar-refractivity contribution in [3.8, 4) is 0 Å². The van der Waals surface area contributed by atoms with E-state index in [1.165, 1.54) is 0 Å². The van der Waals surface area contributed by atoms with Gasteiger partial charge in [-0.15, -0.1) is 11.3 Å². The second kappa shape index (κ2) is 6.51. The van der Waals surface area contributed by atoms with Gasteiger partial charge in [-0.2, -0.15) is 0 Å². The van der Waals surface area contributed by atoms with Crippen LogP contribution in [0.4, 0.5) is 11.5 Å². The fourth-order valence-electron chi connectivity index (χ4n) is 3.18. The molecule has 1 aliphatic carbocycles. The van der Waals surface area contributed by atoms with E-state index in [0.29, 0.717) is 28.0 Å². The first-order valence-electron chi connectivity index (χ1n) is 8.83. The number of halogens is 1. The van der Waals surface area contributed by atoms with Gasteiger partial charge in [0.2, 0.25) is 0 Å². The number of amides is 1. The number of nitrogens with zero attached hydrogens (tertiary/aromatic N) is 1. The van der Waals surface area contributed by atoms with Gasteiger partial charge < -0.3 is 10.6 Å². The van der Waals surface area contributed by atoms with Gasteiger partial charge in [-0.1, -0.05) is 35.9 Å². The number of para-hydroxylation sites is 2. The lowest BCUT2D eigenvalue weighted by atomic mass is 10.1. The van der Waals surface area contributed by atoms with Crippen molar-refractivity contribution in [1.29, 1.82) is 0 Å². The Morgan fingerprint density at radius 2 is 1.93 bits per heavy atom. The van der Waals surface area contributed by atoms with Crippen LogP contribution >= 0.6 is 22.9 Å². The molecule has 5 rings (SSSR count). The first-order valence-corrected chi connectivity index (χ1v) is 10.1. The Kier molecular flexibility index (Phi) is 3.99. The van der Waals surface area contributed by atoms with Crippen molar-refractivity contribution in [2.75, 3.05) is 5.32 Å². The van der Waals surface area contributed by atoms with Crippen molar-refractivity contribution >= 4 is 61.3 Å². The van der Waals surface area contributed by atoms with Crippen LogP contribution in [0.1, 0.15) is 23.2 Å². The lowest BCUT2D eigenvalue weighted by Gasteiger charge is -2.12. The number of hydrogen-bond acceptors (Lipinski definition) is 4. The molecular weight excluding hydrogens is 378 g/mol. The lowest BCUT2D eigenvalue weighted by molar-refractivity contribution is 0.0952. The zero-order chi connectivity index (χ0) is 18.4. The Hall–Kier alpha value is -2.63. The summed E-state index contributed by atoms with van der Waals surface area (Å²) in [5, 5.41) is 11.1. The summed E-state index contributed by atoms with van der Waals surface area (Å²) in [4.78, 5) is 17.6. The molecule has 2 N–H and O–H groups in total. The Morgan fingerprint density at radius 3 is 2.74 bits per heavy atom. The predicted octanol–water partition coefficient (Wildman–Crippen LogP) is 5.74. The van der Waals surface area contributed by atoms with Crippen LogP contribution in [0.25, 0.3) is 21.0 Å². The predicted molar refractivity (Wildman–Crippen MR) is 112 cm³/mol. The van der Waals surface area contributed by atoms with Gasteiger partial charge in [-0.25, -0.2) is 4.98 Å². The molecule has 27 heavy (non-hydrogen) atoms. The van der Waals surface area contributed by atoms with Crippen molar-refractivity contribution in [3.05, 3.63) is 64.5 Å². The van der Waals surface area contributed by atoms with Crippen LogP contribution < -0.4 is 10.6 Å². The molecule has 1 aliphatic rings. The minimum absolute atomic E-state index is 0.0600. The van der Waals surface area contributed by atoms with Crippen molar-refractivity contribution in [1.82, 2.24) is 10.3 Å². The normalized spacial score (nSPS) is 13.8. The Balaban J connectivity index is 1.69. The van der Waals surface area contributed by atoms with Gasteiger partial charge in [0, 0.05) is 21.5 Å². The second-order valence-corrected chi connectivity index (χ2v) is 8.00. The molecule has 134 valence electrons. The van der Waals surface area contributed by atoms with Crippen LogP contribution in [0.2, 0.25) is 5.02 Å². The SMILES string of the molecule is O=C(NC1CC1)c1cccc2c1nc(Nc1ccccc1Cl)c1ccsc12. The number of carbonyl (C=O) groups excluding carboxylic acids is 1. The lowest BCUT2D eigenvalue weighted by Crippen LogP contribution is -2.25. The molecule has 2 aromatic carbocycles. The number of fused-ring (bicyclic) bond motifs is 3. The molecule has 6 heteroatoms. The van der Waals surface area contributed by atoms with E-state index in [4.69, 9.17) is 16.6 Å². The van der Waals surface area contributed by atoms with Gasteiger partial charge in [-0.05, 0) is 42.5 Å². The summed E-state index contributed by atoms with van der Waals surface area (Å²) in [6.07, 6.45) is 2.11. The maximum absolute atomic E-state index is 12.7. The molecule has 4 aromatic rings. The summed E-state index contributed by atoms with van der Waals surface area (Å²) in [6.45, 7) is 0. The summed E-state index contributed by atoms with van der Waals surface area (Å²) in [7, 11) is 0. The standard InChI is InChI=1S/C21H16ClN3OS/c22-16-6-1-2-7-17(16)24-20-15-10-11-27-19(15)13-4-3-5-14(18(13)25-20)21(26)23-12-8-9-12/h1-7,10-12H,8-9H2,(H,23,26)(H,24,25). The van der Waals surface area contributed by atoms with Crippen LogP contribution in [-0.4, -0.2) is 16.9 Å². The van der Waals surface area contributed by atoms with E-state index < -0.39 is 0 Å². The summed E-state index contributed by atoms with van der Waals surface area (Å²) in [5.41, 5.74) is 2.11.